The van der Waals surface area contributed by atoms with E-state index in [0.29, 0.717) is 11.3 Å². The summed E-state index contributed by atoms with van der Waals surface area (Å²) < 4.78 is 4.85. The summed E-state index contributed by atoms with van der Waals surface area (Å²) >= 11 is 5.31. The number of esters is 1. The maximum absolute atomic E-state index is 11.5. The highest BCUT2D eigenvalue weighted by molar-refractivity contribution is 6.29. The van der Waals surface area contributed by atoms with E-state index in [-0.39, 0.29) is 24.7 Å². The van der Waals surface area contributed by atoms with Gasteiger partial charge >= 0.3 is 5.97 Å². The smallest absolute Gasteiger partial charge is 0.338 e. The molecule has 1 aromatic carbocycles. The molecule has 6 heteroatoms. The van der Waals surface area contributed by atoms with Gasteiger partial charge in [0.15, 0.2) is 5.78 Å². The molecule has 0 aliphatic carbocycles. The molecule has 0 atom stereocenters. The van der Waals surface area contributed by atoms with E-state index in [0.717, 1.165) is 0 Å². The molecular formula is C13H14ClNO4. The number of halogens is 1. The van der Waals surface area contributed by atoms with E-state index in [4.69, 9.17) is 16.3 Å². The van der Waals surface area contributed by atoms with Crippen molar-refractivity contribution in [3.63, 3.8) is 0 Å². The van der Waals surface area contributed by atoms with Gasteiger partial charge in [0.2, 0.25) is 5.91 Å². The van der Waals surface area contributed by atoms with Gasteiger partial charge in [0, 0.05) is 5.69 Å². The van der Waals surface area contributed by atoms with Crippen LogP contribution in [0.2, 0.25) is 0 Å². The van der Waals surface area contributed by atoms with Crippen LogP contribution in [0.1, 0.15) is 23.7 Å². The second-order valence-corrected chi connectivity index (χ2v) is 3.97. The van der Waals surface area contributed by atoms with E-state index in [1.54, 1.807) is 25.1 Å². The monoisotopic (exact) mass is 283 g/mol. The number of hydrogen-bond acceptors (Lipinski definition) is 4. The summed E-state index contributed by atoms with van der Waals surface area (Å²) in [6, 6.07) is 6.30. The normalized spacial score (nSPS) is 9.79. The summed E-state index contributed by atoms with van der Waals surface area (Å²) in [5, 5.41) is 2.52. The number of hydrogen-bond donors (Lipinski definition) is 1. The summed E-state index contributed by atoms with van der Waals surface area (Å²) in [5.41, 5.74) is 0.765. The van der Waals surface area contributed by atoms with Gasteiger partial charge in [-0.1, -0.05) is 6.07 Å². The highest BCUT2D eigenvalue weighted by atomic mass is 35.5. The van der Waals surface area contributed by atoms with Crippen LogP contribution in [-0.4, -0.2) is 30.1 Å². The topological polar surface area (TPSA) is 72.5 Å². The van der Waals surface area contributed by atoms with Crippen molar-refractivity contribution in [1.82, 2.24) is 0 Å². The molecular weight excluding hydrogens is 270 g/mol. The summed E-state index contributed by atoms with van der Waals surface area (Å²) in [7, 11) is 0. The molecule has 0 spiro atoms. The molecule has 1 aromatic rings. The van der Waals surface area contributed by atoms with E-state index in [1.807, 2.05) is 0 Å². The molecule has 1 amide bonds. The van der Waals surface area contributed by atoms with Crippen LogP contribution in [0, 0.1) is 0 Å². The molecule has 0 aliphatic rings. The van der Waals surface area contributed by atoms with Crippen molar-refractivity contribution < 1.29 is 19.1 Å². The van der Waals surface area contributed by atoms with Crippen LogP contribution in [0.25, 0.3) is 0 Å². The Morgan fingerprint density at radius 2 is 2.05 bits per heavy atom. The van der Waals surface area contributed by atoms with Crippen LogP contribution in [0.5, 0.6) is 0 Å². The highest BCUT2D eigenvalue weighted by Gasteiger charge is 2.10. The standard InChI is InChI=1S/C13H14ClNO4/c1-2-19-13(18)9-4-3-5-10(6-9)15-12(17)7-11(16)8-14/h3-6H,2,7-8H2,1H3,(H,15,17). The Morgan fingerprint density at radius 3 is 2.68 bits per heavy atom. The summed E-state index contributed by atoms with van der Waals surface area (Å²) in [4.78, 5) is 34.0. The molecule has 1 rings (SSSR count). The summed E-state index contributed by atoms with van der Waals surface area (Å²) in [6.45, 7) is 1.99. The van der Waals surface area contributed by atoms with Crippen LogP contribution in [0.15, 0.2) is 24.3 Å². The van der Waals surface area contributed by atoms with E-state index in [9.17, 15) is 14.4 Å². The van der Waals surface area contributed by atoms with Gasteiger partial charge in [-0.05, 0) is 25.1 Å². The molecule has 1 N–H and O–H groups in total. The molecule has 0 saturated carbocycles. The fourth-order valence-corrected chi connectivity index (χ4v) is 1.46. The lowest BCUT2D eigenvalue weighted by atomic mass is 10.2. The molecule has 0 radical (unpaired) electrons. The van der Waals surface area contributed by atoms with E-state index in [1.165, 1.54) is 6.07 Å². The van der Waals surface area contributed by atoms with Crippen molar-refractivity contribution in [1.29, 1.82) is 0 Å². The summed E-state index contributed by atoms with van der Waals surface area (Å²) in [5.74, 6) is -1.49. The Hall–Kier alpha value is -1.88. The zero-order chi connectivity index (χ0) is 14.3. The average Bonchev–Trinajstić information content (AvgIpc) is 2.39. The number of ether oxygens (including phenoxy) is 1. The predicted octanol–water partition coefficient (Wildman–Crippen LogP) is 2.00. The Balaban J connectivity index is 2.69. The lowest BCUT2D eigenvalue weighted by Crippen LogP contribution is -2.17. The highest BCUT2D eigenvalue weighted by Crippen LogP contribution is 2.12. The van der Waals surface area contributed by atoms with E-state index in [2.05, 4.69) is 5.32 Å². The number of nitrogens with one attached hydrogen (secondary N) is 1. The van der Waals surface area contributed by atoms with Crippen molar-refractivity contribution in [2.75, 3.05) is 17.8 Å². The fourth-order valence-electron chi connectivity index (χ4n) is 1.37. The molecule has 0 fully saturated rings. The van der Waals surface area contributed by atoms with Gasteiger partial charge in [0.05, 0.1) is 24.5 Å². The lowest BCUT2D eigenvalue weighted by molar-refractivity contribution is -0.124. The lowest BCUT2D eigenvalue weighted by Gasteiger charge is -2.06. The van der Waals surface area contributed by atoms with Gasteiger partial charge in [0.1, 0.15) is 0 Å². The van der Waals surface area contributed by atoms with Crippen molar-refractivity contribution in [3.8, 4) is 0 Å². The number of anilines is 1. The van der Waals surface area contributed by atoms with Crippen LogP contribution in [0.3, 0.4) is 0 Å². The number of alkyl halides is 1. The van der Waals surface area contributed by atoms with Crippen molar-refractivity contribution >= 4 is 34.9 Å². The third-order valence-corrected chi connectivity index (χ3v) is 2.46. The number of amides is 1. The number of rotatable bonds is 6. The first-order valence-corrected chi connectivity index (χ1v) is 6.25. The van der Waals surface area contributed by atoms with Crippen LogP contribution in [0.4, 0.5) is 5.69 Å². The minimum absolute atomic E-state index is 0.198. The molecule has 0 saturated heterocycles. The number of benzene rings is 1. The van der Waals surface area contributed by atoms with E-state index >= 15 is 0 Å². The van der Waals surface area contributed by atoms with Gasteiger partial charge in [-0.3, -0.25) is 9.59 Å². The minimum Gasteiger partial charge on any atom is -0.462 e. The first-order valence-electron chi connectivity index (χ1n) is 5.71. The zero-order valence-electron chi connectivity index (χ0n) is 10.4. The van der Waals surface area contributed by atoms with Crippen molar-refractivity contribution in [2.45, 2.75) is 13.3 Å². The molecule has 0 aromatic heterocycles. The third kappa shape index (κ3) is 5.09. The molecule has 19 heavy (non-hydrogen) atoms. The largest absolute Gasteiger partial charge is 0.462 e. The second kappa shape index (κ2) is 7.53. The van der Waals surface area contributed by atoms with Gasteiger partial charge in [-0.25, -0.2) is 4.79 Å². The average molecular weight is 284 g/mol. The minimum atomic E-state index is -0.466. The molecule has 0 aliphatic heterocycles. The third-order valence-electron chi connectivity index (χ3n) is 2.16. The number of Topliss-reactive ketones (excluding diaryl/α,β-unsaturated/α-hetero) is 1. The Labute approximate surface area is 115 Å². The first kappa shape index (κ1) is 15.2. The quantitative estimate of drug-likeness (QED) is 0.492. The predicted molar refractivity (Wildman–Crippen MR) is 71.4 cm³/mol. The van der Waals surface area contributed by atoms with Crippen LogP contribution >= 0.6 is 11.6 Å². The first-order chi connectivity index (χ1) is 9.06. The maximum Gasteiger partial charge on any atom is 0.338 e. The van der Waals surface area contributed by atoms with Gasteiger partial charge in [-0.15, -0.1) is 11.6 Å². The van der Waals surface area contributed by atoms with Crippen molar-refractivity contribution in [2.24, 2.45) is 0 Å². The molecule has 0 heterocycles. The van der Waals surface area contributed by atoms with Gasteiger partial charge in [0.25, 0.3) is 0 Å². The number of ketones is 1. The SMILES string of the molecule is CCOC(=O)c1cccc(NC(=O)CC(=O)CCl)c1. The zero-order valence-corrected chi connectivity index (χ0v) is 11.2. The van der Waals surface area contributed by atoms with Crippen molar-refractivity contribution in [3.05, 3.63) is 29.8 Å². The second-order valence-electron chi connectivity index (χ2n) is 3.70. The fraction of sp³-hybridized carbons (Fsp3) is 0.308. The Morgan fingerprint density at radius 1 is 1.32 bits per heavy atom. The number of carbonyl (C=O) groups excluding carboxylic acids is 3. The van der Waals surface area contributed by atoms with Crippen LogP contribution in [-0.2, 0) is 14.3 Å². The molecule has 0 unspecified atom stereocenters. The summed E-state index contributed by atoms with van der Waals surface area (Å²) in [6.07, 6.45) is -0.285. The molecule has 5 nitrogen and oxygen atoms in total. The van der Waals surface area contributed by atoms with E-state index < -0.39 is 11.9 Å². The molecule has 102 valence electrons. The number of carbonyl (C=O) groups is 3. The van der Waals surface area contributed by atoms with Gasteiger partial charge < -0.3 is 10.1 Å². The van der Waals surface area contributed by atoms with Crippen LogP contribution < -0.4 is 5.32 Å². The Kier molecular flexibility index (Phi) is 6.02. The maximum atomic E-state index is 11.5. The Bertz CT molecular complexity index is 487. The molecule has 0 bridgehead atoms. The van der Waals surface area contributed by atoms with Gasteiger partial charge in [-0.2, -0.15) is 0 Å².